The molecule has 0 spiro atoms. The largest absolute Gasteiger partial charge is 0.380 e. The Kier molecular flexibility index (Phi) is 4.37. The van der Waals surface area contributed by atoms with Crippen molar-refractivity contribution in [1.29, 1.82) is 0 Å². The molecule has 0 aliphatic rings. The van der Waals surface area contributed by atoms with Gasteiger partial charge < -0.3 is 5.32 Å². The average molecular weight is 357 g/mol. The standard InChI is InChI=1S/C17H15N3O4S/c1-25(23,24)16-10-14(20(21)22)7-8-15(16)19-11-13-5-2-4-12-6-3-9-18-17(12)13/h2-10,19H,11H2,1H3. The number of nitro groups is 1. The molecule has 0 amide bonds. The molecule has 128 valence electrons. The van der Waals surface area contributed by atoms with Gasteiger partial charge in [0.25, 0.3) is 5.69 Å². The lowest BCUT2D eigenvalue weighted by Crippen LogP contribution is -2.07. The molecule has 0 aliphatic heterocycles. The van der Waals surface area contributed by atoms with Crippen LogP contribution >= 0.6 is 0 Å². The fourth-order valence-electron chi connectivity index (χ4n) is 2.58. The smallest absolute Gasteiger partial charge is 0.270 e. The first kappa shape index (κ1) is 16.8. The first-order valence-corrected chi connectivity index (χ1v) is 9.30. The number of non-ortho nitro benzene ring substituents is 1. The molecule has 2 aromatic carbocycles. The third-order valence-corrected chi connectivity index (χ3v) is 4.90. The van der Waals surface area contributed by atoms with Gasteiger partial charge in [0.05, 0.1) is 21.0 Å². The molecule has 25 heavy (non-hydrogen) atoms. The van der Waals surface area contributed by atoms with Gasteiger partial charge in [0, 0.05) is 36.5 Å². The lowest BCUT2D eigenvalue weighted by Gasteiger charge is -2.12. The Hall–Kier alpha value is -3.00. The van der Waals surface area contributed by atoms with Crippen molar-refractivity contribution < 1.29 is 13.3 Å². The van der Waals surface area contributed by atoms with Gasteiger partial charge >= 0.3 is 0 Å². The number of sulfone groups is 1. The average Bonchev–Trinajstić information content (AvgIpc) is 2.59. The molecule has 1 heterocycles. The van der Waals surface area contributed by atoms with Crippen LogP contribution in [0.3, 0.4) is 0 Å². The zero-order valence-corrected chi connectivity index (χ0v) is 14.2. The molecule has 3 aromatic rings. The Morgan fingerprint density at radius 3 is 2.64 bits per heavy atom. The highest BCUT2D eigenvalue weighted by Crippen LogP contribution is 2.27. The van der Waals surface area contributed by atoms with Gasteiger partial charge in [-0.2, -0.15) is 0 Å². The minimum atomic E-state index is -3.62. The molecule has 0 saturated heterocycles. The first-order valence-electron chi connectivity index (χ1n) is 7.41. The lowest BCUT2D eigenvalue weighted by atomic mass is 10.1. The highest BCUT2D eigenvalue weighted by Gasteiger charge is 2.18. The summed E-state index contributed by atoms with van der Waals surface area (Å²) in [6, 6.07) is 13.3. The molecular weight excluding hydrogens is 342 g/mol. The van der Waals surface area contributed by atoms with Crippen molar-refractivity contribution in [3.8, 4) is 0 Å². The van der Waals surface area contributed by atoms with Crippen LogP contribution in [0.25, 0.3) is 10.9 Å². The van der Waals surface area contributed by atoms with E-state index in [2.05, 4.69) is 10.3 Å². The molecule has 7 nitrogen and oxygen atoms in total. The summed E-state index contributed by atoms with van der Waals surface area (Å²) in [6.07, 6.45) is 2.72. The summed E-state index contributed by atoms with van der Waals surface area (Å²) in [4.78, 5) is 14.5. The number of para-hydroxylation sites is 1. The van der Waals surface area contributed by atoms with Gasteiger partial charge in [-0.25, -0.2) is 8.42 Å². The number of aromatic nitrogens is 1. The number of nitro benzene ring substituents is 1. The molecule has 0 fully saturated rings. The third-order valence-electron chi connectivity index (χ3n) is 3.76. The number of benzene rings is 2. The van der Waals surface area contributed by atoms with E-state index in [0.717, 1.165) is 28.8 Å². The minimum Gasteiger partial charge on any atom is -0.380 e. The second kappa shape index (κ2) is 6.48. The maximum absolute atomic E-state index is 12.0. The van der Waals surface area contributed by atoms with Crippen LogP contribution in [0.15, 0.2) is 59.6 Å². The van der Waals surface area contributed by atoms with Gasteiger partial charge in [-0.3, -0.25) is 15.1 Å². The number of anilines is 1. The molecule has 8 heteroatoms. The molecular formula is C17H15N3O4S. The topological polar surface area (TPSA) is 102 Å². The van der Waals surface area contributed by atoms with Crippen molar-refractivity contribution in [1.82, 2.24) is 4.98 Å². The number of hydrogen-bond acceptors (Lipinski definition) is 6. The van der Waals surface area contributed by atoms with E-state index >= 15 is 0 Å². The first-order chi connectivity index (χ1) is 11.9. The molecule has 1 N–H and O–H groups in total. The summed E-state index contributed by atoms with van der Waals surface area (Å²) in [7, 11) is -3.62. The van der Waals surface area contributed by atoms with E-state index in [4.69, 9.17) is 0 Å². The van der Waals surface area contributed by atoms with Gasteiger partial charge in [0.15, 0.2) is 9.84 Å². The summed E-state index contributed by atoms with van der Waals surface area (Å²) in [5.41, 5.74) is 1.77. The Morgan fingerprint density at radius 1 is 1.16 bits per heavy atom. The number of hydrogen-bond donors (Lipinski definition) is 1. The molecule has 0 radical (unpaired) electrons. The molecule has 0 atom stereocenters. The summed E-state index contributed by atoms with van der Waals surface area (Å²) >= 11 is 0. The van der Waals surface area contributed by atoms with Crippen molar-refractivity contribution in [2.45, 2.75) is 11.4 Å². The minimum absolute atomic E-state index is 0.102. The van der Waals surface area contributed by atoms with E-state index in [1.165, 1.54) is 12.1 Å². The van der Waals surface area contributed by atoms with Crippen LogP contribution in [0.1, 0.15) is 5.56 Å². The highest BCUT2D eigenvalue weighted by molar-refractivity contribution is 7.90. The number of pyridine rings is 1. The Morgan fingerprint density at radius 2 is 1.92 bits per heavy atom. The third kappa shape index (κ3) is 3.58. The molecule has 0 bridgehead atoms. The van der Waals surface area contributed by atoms with E-state index < -0.39 is 14.8 Å². The predicted molar refractivity (Wildman–Crippen MR) is 95.3 cm³/mol. The summed E-state index contributed by atoms with van der Waals surface area (Å²) < 4.78 is 24.0. The van der Waals surface area contributed by atoms with Gasteiger partial charge in [-0.1, -0.05) is 24.3 Å². The zero-order valence-electron chi connectivity index (χ0n) is 13.3. The van der Waals surface area contributed by atoms with E-state index in [-0.39, 0.29) is 10.6 Å². The van der Waals surface area contributed by atoms with Crippen molar-refractivity contribution in [3.63, 3.8) is 0 Å². The lowest BCUT2D eigenvalue weighted by molar-refractivity contribution is -0.385. The summed E-state index contributed by atoms with van der Waals surface area (Å²) in [5.74, 6) is 0. The van der Waals surface area contributed by atoms with Crippen LogP contribution in [0.5, 0.6) is 0 Å². The van der Waals surface area contributed by atoms with Crippen molar-refractivity contribution in [3.05, 3.63) is 70.4 Å². The number of nitrogens with one attached hydrogen (secondary N) is 1. The van der Waals surface area contributed by atoms with Gasteiger partial charge in [0.1, 0.15) is 0 Å². The second-order valence-corrected chi connectivity index (χ2v) is 7.54. The van der Waals surface area contributed by atoms with Crippen LogP contribution in [-0.4, -0.2) is 24.6 Å². The van der Waals surface area contributed by atoms with Gasteiger partial charge in [0.2, 0.25) is 0 Å². The van der Waals surface area contributed by atoms with Crippen LogP contribution in [0.2, 0.25) is 0 Å². The van der Waals surface area contributed by atoms with Crippen molar-refractivity contribution in [2.24, 2.45) is 0 Å². The van der Waals surface area contributed by atoms with Gasteiger partial charge in [-0.15, -0.1) is 0 Å². The number of rotatable bonds is 5. The maximum atomic E-state index is 12.0. The number of fused-ring (bicyclic) bond motifs is 1. The van der Waals surface area contributed by atoms with E-state index in [1.807, 2.05) is 30.3 Å². The van der Waals surface area contributed by atoms with E-state index in [0.29, 0.717) is 12.2 Å². The van der Waals surface area contributed by atoms with Crippen molar-refractivity contribution in [2.75, 3.05) is 11.6 Å². The van der Waals surface area contributed by atoms with Crippen LogP contribution < -0.4 is 5.32 Å². The van der Waals surface area contributed by atoms with Gasteiger partial charge in [-0.05, 0) is 17.7 Å². The Labute approximate surface area is 144 Å². The van der Waals surface area contributed by atoms with Crippen molar-refractivity contribution >= 4 is 32.1 Å². The quantitative estimate of drug-likeness (QED) is 0.556. The molecule has 0 aliphatic carbocycles. The van der Waals surface area contributed by atoms with E-state index in [1.54, 1.807) is 6.20 Å². The normalized spacial score (nSPS) is 11.4. The molecule has 3 rings (SSSR count). The highest BCUT2D eigenvalue weighted by atomic mass is 32.2. The second-order valence-electron chi connectivity index (χ2n) is 5.56. The molecule has 0 unspecified atom stereocenters. The molecule has 0 saturated carbocycles. The Balaban J connectivity index is 1.96. The SMILES string of the molecule is CS(=O)(=O)c1cc([N+](=O)[O-])ccc1NCc1cccc2cccnc12. The fraction of sp³-hybridized carbons (Fsp3) is 0.118. The maximum Gasteiger partial charge on any atom is 0.270 e. The van der Waals surface area contributed by atoms with Crippen LogP contribution in [0, 0.1) is 10.1 Å². The zero-order chi connectivity index (χ0) is 18.0. The fourth-order valence-corrected chi connectivity index (χ4v) is 3.45. The van der Waals surface area contributed by atoms with Crippen LogP contribution in [0.4, 0.5) is 11.4 Å². The van der Waals surface area contributed by atoms with E-state index in [9.17, 15) is 18.5 Å². The monoisotopic (exact) mass is 357 g/mol. The van der Waals surface area contributed by atoms with Crippen LogP contribution in [-0.2, 0) is 16.4 Å². The summed E-state index contributed by atoms with van der Waals surface area (Å²) in [6.45, 7) is 0.342. The predicted octanol–water partition coefficient (Wildman–Crippen LogP) is 3.16. The Bertz CT molecular complexity index is 1060. The number of nitrogens with zero attached hydrogens (tertiary/aromatic N) is 2. The molecule has 1 aromatic heterocycles. The summed E-state index contributed by atoms with van der Waals surface area (Å²) in [5, 5.41) is 14.9.